The number of aromatic nitrogens is 3. The Balaban J connectivity index is 1.40. The predicted molar refractivity (Wildman–Crippen MR) is 92.6 cm³/mol. The Morgan fingerprint density at radius 2 is 2.15 bits per heavy atom. The standard InChI is InChI=1S/C18H24N4O4/c1-13-9-14(11-19-10-13)18(23)22-6-3-15(4-7-22)25-8-5-16-20-17(12-24-2)26-21-16/h9-11,15H,3-8,12H2,1-2H3. The lowest BCUT2D eigenvalue weighted by molar-refractivity contribution is 0.00946. The third-order valence-electron chi connectivity index (χ3n) is 4.31. The number of likely N-dealkylation sites (tertiary alicyclic amines) is 1. The zero-order valence-electron chi connectivity index (χ0n) is 15.2. The fraction of sp³-hybridized carbons (Fsp3) is 0.556. The molecule has 8 nitrogen and oxygen atoms in total. The molecule has 0 N–H and O–H groups in total. The summed E-state index contributed by atoms with van der Waals surface area (Å²) in [6, 6.07) is 1.88. The number of nitrogens with zero attached hydrogens (tertiary/aromatic N) is 4. The second kappa shape index (κ2) is 8.86. The van der Waals surface area contributed by atoms with Gasteiger partial charge in [-0.2, -0.15) is 4.98 Å². The lowest BCUT2D eigenvalue weighted by Crippen LogP contribution is -2.41. The lowest BCUT2D eigenvalue weighted by Gasteiger charge is -2.32. The van der Waals surface area contributed by atoms with Crippen LogP contribution in [0.15, 0.2) is 23.0 Å². The Kier molecular flexibility index (Phi) is 6.30. The molecule has 1 aliphatic heterocycles. The highest BCUT2D eigenvalue weighted by Crippen LogP contribution is 2.17. The third kappa shape index (κ3) is 4.86. The van der Waals surface area contributed by atoms with Crippen molar-refractivity contribution in [2.24, 2.45) is 0 Å². The van der Waals surface area contributed by atoms with Crippen molar-refractivity contribution in [3.8, 4) is 0 Å². The van der Waals surface area contributed by atoms with E-state index in [9.17, 15) is 4.79 Å². The molecule has 1 saturated heterocycles. The van der Waals surface area contributed by atoms with Crippen LogP contribution in [0.2, 0.25) is 0 Å². The number of methoxy groups -OCH3 is 1. The van der Waals surface area contributed by atoms with Gasteiger partial charge in [-0.15, -0.1) is 0 Å². The maximum absolute atomic E-state index is 12.5. The van der Waals surface area contributed by atoms with Crippen LogP contribution in [0.25, 0.3) is 0 Å². The summed E-state index contributed by atoms with van der Waals surface area (Å²) in [7, 11) is 1.58. The van der Waals surface area contributed by atoms with Gasteiger partial charge in [0.15, 0.2) is 5.82 Å². The average molecular weight is 360 g/mol. The van der Waals surface area contributed by atoms with Crippen molar-refractivity contribution in [3.05, 3.63) is 41.3 Å². The Morgan fingerprint density at radius 3 is 2.88 bits per heavy atom. The lowest BCUT2D eigenvalue weighted by atomic mass is 10.1. The monoisotopic (exact) mass is 360 g/mol. The second-order valence-electron chi connectivity index (χ2n) is 6.40. The number of rotatable bonds is 7. The number of hydrogen-bond donors (Lipinski definition) is 0. The first-order valence-corrected chi connectivity index (χ1v) is 8.78. The molecule has 0 aliphatic carbocycles. The smallest absolute Gasteiger partial charge is 0.255 e. The number of pyridine rings is 1. The largest absolute Gasteiger partial charge is 0.378 e. The van der Waals surface area contributed by atoms with Gasteiger partial charge in [-0.05, 0) is 31.4 Å². The van der Waals surface area contributed by atoms with Crippen LogP contribution >= 0.6 is 0 Å². The zero-order chi connectivity index (χ0) is 18.4. The van der Waals surface area contributed by atoms with E-state index in [-0.39, 0.29) is 12.0 Å². The van der Waals surface area contributed by atoms with Crippen LogP contribution in [-0.4, -0.2) is 58.8 Å². The topological polar surface area (TPSA) is 90.6 Å². The summed E-state index contributed by atoms with van der Waals surface area (Å²) in [6.45, 7) is 4.17. The summed E-state index contributed by atoms with van der Waals surface area (Å²) in [5, 5.41) is 3.89. The Labute approximate surface area is 152 Å². The molecule has 0 radical (unpaired) electrons. The molecule has 2 aromatic rings. The van der Waals surface area contributed by atoms with Crippen molar-refractivity contribution >= 4 is 5.91 Å². The SMILES string of the molecule is COCc1nc(CCOC2CCN(C(=O)c3cncc(C)c3)CC2)no1. The van der Waals surface area contributed by atoms with Gasteiger partial charge in [-0.25, -0.2) is 0 Å². The van der Waals surface area contributed by atoms with Crippen LogP contribution in [0, 0.1) is 6.92 Å². The van der Waals surface area contributed by atoms with Crippen LogP contribution in [-0.2, 0) is 22.5 Å². The molecule has 0 aromatic carbocycles. The summed E-state index contributed by atoms with van der Waals surface area (Å²) < 4.78 is 15.9. The molecule has 2 aromatic heterocycles. The molecular formula is C18H24N4O4. The Bertz CT molecular complexity index is 725. The van der Waals surface area contributed by atoms with E-state index in [1.165, 1.54) is 0 Å². The molecule has 0 saturated carbocycles. The number of amides is 1. The van der Waals surface area contributed by atoms with Crippen molar-refractivity contribution in [1.29, 1.82) is 0 Å². The van der Waals surface area contributed by atoms with E-state index in [0.717, 1.165) is 18.4 Å². The first-order chi connectivity index (χ1) is 12.7. The first kappa shape index (κ1) is 18.5. The molecule has 26 heavy (non-hydrogen) atoms. The maximum atomic E-state index is 12.5. The van der Waals surface area contributed by atoms with Gasteiger partial charge < -0.3 is 18.9 Å². The van der Waals surface area contributed by atoms with Crippen LogP contribution in [0.1, 0.15) is 40.5 Å². The minimum atomic E-state index is 0.0390. The van der Waals surface area contributed by atoms with Crippen molar-refractivity contribution < 1.29 is 18.8 Å². The van der Waals surface area contributed by atoms with E-state index >= 15 is 0 Å². The molecule has 140 valence electrons. The second-order valence-corrected chi connectivity index (χ2v) is 6.40. The van der Waals surface area contributed by atoms with E-state index in [2.05, 4.69) is 15.1 Å². The molecule has 1 amide bonds. The van der Waals surface area contributed by atoms with Gasteiger partial charge in [0.2, 0.25) is 0 Å². The number of piperidine rings is 1. The van der Waals surface area contributed by atoms with Gasteiger partial charge in [-0.1, -0.05) is 5.16 Å². The molecule has 3 heterocycles. The van der Waals surface area contributed by atoms with Gasteiger partial charge in [0, 0.05) is 39.0 Å². The fourth-order valence-electron chi connectivity index (χ4n) is 2.97. The van der Waals surface area contributed by atoms with Gasteiger partial charge in [0.25, 0.3) is 11.8 Å². The van der Waals surface area contributed by atoms with E-state index in [1.54, 1.807) is 19.5 Å². The number of hydrogen-bond acceptors (Lipinski definition) is 7. The minimum absolute atomic E-state index is 0.0390. The van der Waals surface area contributed by atoms with Crippen LogP contribution in [0.3, 0.4) is 0 Å². The molecule has 0 atom stereocenters. The zero-order valence-corrected chi connectivity index (χ0v) is 15.2. The van der Waals surface area contributed by atoms with Crippen LogP contribution in [0.5, 0.6) is 0 Å². The van der Waals surface area contributed by atoms with Crippen molar-refractivity contribution in [3.63, 3.8) is 0 Å². The highest BCUT2D eigenvalue weighted by atomic mass is 16.5. The minimum Gasteiger partial charge on any atom is -0.378 e. The van der Waals surface area contributed by atoms with Crippen LogP contribution < -0.4 is 0 Å². The summed E-state index contributed by atoms with van der Waals surface area (Å²) in [4.78, 5) is 22.7. The molecule has 0 spiro atoms. The highest BCUT2D eigenvalue weighted by Gasteiger charge is 2.24. The molecule has 0 unspecified atom stereocenters. The fourth-order valence-corrected chi connectivity index (χ4v) is 2.97. The summed E-state index contributed by atoms with van der Waals surface area (Å²) >= 11 is 0. The number of aryl methyl sites for hydroxylation is 1. The van der Waals surface area contributed by atoms with E-state index in [1.807, 2.05) is 17.9 Å². The van der Waals surface area contributed by atoms with E-state index in [0.29, 0.717) is 50.0 Å². The summed E-state index contributed by atoms with van der Waals surface area (Å²) in [5.74, 6) is 1.13. The molecule has 0 bridgehead atoms. The van der Waals surface area contributed by atoms with Gasteiger partial charge in [0.1, 0.15) is 6.61 Å². The number of carbonyl (C=O) groups excluding carboxylic acids is 1. The van der Waals surface area contributed by atoms with Crippen molar-refractivity contribution in [2.45, 2.75) is 38.9 Å². The van der Waals surface area contributed by atoms with Gasteiger partial charge in [0.05, 0.1) is 18.3 Å². The molecular weight excluding hydrogens is 336 g/mol. The first-order valence-electron chi connectivity index (χ1n) is 8.78. The van der Waals surface area contributed by atoms with Crippen molar-refractivity contribution in [2.75, 3.05) is 26.8 Å². The molecule has 8 heteroatoms. The molecule has 1 aliphatic rings. The van der Waals surface area contributed by atoms with Gasteiger partial charge in [-0.3, -0.25) is 9.78 Å². The average Bonchev–Trinajstić information content (AvgIpc) is 3.09. The Morgan fingerprint density at radius 1 is 1.35 bits per heavy atom. The maximum Gasteiger partial charge on any atom is 0.255 e. The van der Waals surface area contributed by atoms with Gasteiger partial charge >= 0.3 is 0 Å². The van der Waals surface area contributed by atoms with Crippen LogP contribution in [0.4, 0.5) is 0 Å². The number of carbonyl (C=O) groups is 1. The highest BCUT2D eigenvalue weighted by molar-refractivity contribution is 5.94. The summed E-state index contributed by atoms with van der Waals surface area (Å²) in [5.41, 5.74) is 1.64. The molecule has 3 rings (SSSR count). The molecule has 1 fully saturated rings. The summed E-state index contributed by atoms with van der Waals surface area (Å²) in [6.07, 6.45) is 5.78. The quantitative estimate of drug-likeness (QED) is 0.743. The third-order valence-corrected chi connectivity index (χ3v) is 4.31. The van der Waals surface area contributed by atoms with E-state index in [4.69, 9.17) is 14.0 Å². The predicted octanol–water partition coefficient (Wildman–Crippen LogP) is 1.78. The van der Waals surface area contributed by atoms with E-state index < -0.39 is 0 Å². The normalized spacial score (nSPS) is 15.4. The van der Waals surface area contributed by atoms with Crippen molar-refractivity contribution in [1.82, 2.24) is 20.0 Å². The Hall–Kier alpha value is -2.32. The number of ether oxygens (including phenoxy) is 2.